The molecule has 1 fully saturated rings. The molecule has 3 aromatic rings. The predicted molar refractivity (Wildman–Crippen MR) is 121 cm³/mol. The third kappa shape index (κ3) is 4.68. The second-order valence-corrected chi connectivity index (χ2v) is 8.29. The van der Waals surface area contributed by atoms with Crippen molar-refractivity contribution in [2.24, 2.45) is 0 Å². The number of rotatable bonds is 6. The van der Waals surface area contributed by atoms with Crippen LogP contribution in [0.1, 0.15) is 11.3 Å². The molecule has 4 rings (SSSR count). The number of hydrogen-bond donors (Lipinski definition) is 3. The summed E-state index contributed by atoms with van der Waals surface area (Å²) >= 11 is 3.14. The second kappa shape index (κ2) is 9.25. The molecule has 2 aromatic heterocycles. The van der Waals surface area contributed by atoms with Gasteiger partial charge < -0.3 is 25.2 Å². The number of fused-ring (bicyclic) bond motifs is 1. The van der Waals surface area contributed by atoms with Gasteiger partial charge in [0.25, 0.3) is 0 Å². The lowest BCUT2D eigenvalue weighted by atomic mass is 10.0. The summed E-state index contributed by atoms with van der Waals surface area (Å²) in [7, 11) is 0. The van der Waals surface area contributed by atoms with Gasteiger partial charge in [-0.3, -0.25) is 0 Å². The number of nitrogens with one attached hydrogen (secondary N) is 3. The Morgan fingerprint density at radius 2 is 2.16 bits per heavy atom. The van der Waals surface area contributed by atoms with Crippen molar-refractivity contribution in [2.75, 3.05) is 25.0 Å². The molecule has 3 N–H and O–H groups in total. The minimum Gasteiger partial charge on any atom is -0.375 e. The van der Waals surface area contributed by atoms with Crippen LogP contribution in [-0.4, -0.2) is 41.4 Å². The molecule has 0 aliphatic carbocycles. The molecule has 3 heterocycles. The van der Waals surface area contributed by atoms with E-state index in [1.54, 1.807) is 0 Å². The van der Waals surface area contributed by atoms with E-state index in [1.807, 2.05) is 29.7 Å². The molecule has 1 aliphatic heterocycles. The fourth-order valence-corrected chi connectivity index (χ4v) is 3.75. The number of morpholine rings is 1. The van der Waals surface area contributed by atoms with Crippen molar-refractivity contribution in [3.8, 4) is 11.3 Å². The Morgan fingerprint density at radius 3 is 2.84 bits per heavy atom. The fraction of sp³-hybridized carbons (Fsp3) is 0.273. The Bertz CT molecular complexity index is 1130. The molecule has 6 nitrogen and oxygen atoms in total. The van der Waals surface area contributed by atoms with Gasteiger partial charge in [-0.2, -0.15) is 0 Å². The first-order valence-electron chi connectivity index (χ1n) is 9.88. The van der Waals surface area contributed by atoms with Crippen LogP contribution in [-0.2, 0) is 11.2 Å². The number of benzene rings is 1. The van der Waals surface area contributed by atoms with Crippen LogP contribution >= 0.6 is 15.9 Å². The van der Waals surface area contributed by atoms with Gasteiger partial charge in [-0.05, 0) is 52.7 Å². The van der Waals surface area contributed by atoms with E-state index in [0.29, 0.717) is 35.4 Å². The number of aryl methyl sites for hydroxylation is 1. The molecule has 1 aromatic carbocycles. The Kier molecular flexibility index (Phi) is 6.45. The molecule has 1 atom stereocenters. The predicted octanol–water partition coefficient (Wildman–Crippen LogP) is 4.42. The van der Waals surface area contributed by atoms with Crippen molar-refractivity contribution < 1.29 is 13.5 Å². The van der Waals surface area contributed by atoms with Crippen LogP contribution in [0.3, 0.4) is 0 Å². The summed E-state index contributed by atoms with van der Waals surface area (Å²) in [6, 6.07) is 6.27. The van der Waals surface area contributed by atoms with Gasteiger partial charge in [0.2, 0.25) is 0 Å². The SMILES string of the molecule is Cc1ccn2c(CC3CNCCO3)c(-c3c(F)cc(N/C=C(/Br)C=N)cc3F)nc2c1. The third-order valence-electron chi connectivity index (χ3n) is 5.10. The van der Waals surface area contributed by atoms with Gasteiger partial charge in [-0.25, -0.2) is 13.8 Å². The molecule has 1 aliphatic rings. The summed E-state index contributed by atoms with van der Waals surface area (Å²) < 4.78 is 38.4. The number of nitrogens with zero attached hydrogens (tertiary/aromatic N) is 2. The maximum Gasteiger partial charge on any atom is 0.137 e. The molecule has 162 valence electrons. The number of aromatic nitrogens is 2. The molecule has 1 saturated heterocycles. The number of imidazole rings is 1. The number of halogens is 3. The zero-order valence-corrected chi connectivity index (χ0v) is 18.5. The first kappa shape index (κ1) is 21.6. The van der Waals surface area contributed by atoms with E-state index in [0.717, 1.165) is 18.3 Å². The highest BCUT2D eigenvalue weighted by molar-refractivity contribution is 9.12. The zero-order valence-electron chi connectivity index (χ0n) is 16.9. The van der Waals surface area contributed by atoms with E-state index in [-0.39, 0.29) is 23.0 Å². The minimum atomic E-state index is -0.717. The summed E-state index contributed by atoms with van der Waals surface area (Å²) in [6.45, 7) is 4.00. The van der Waals surface area contributed by atoms with Gasteiger partial charge in [0.05, 0.1) is 34.1 Å². The average Bonchev–Trinajstić information content (AvgIpc) is 3.09. The van der Waals surface area contributed by atoms with Gasteiger partial charge in [-0.15, -0.1) is 0 Å². The Hall–Kier alpha value is -2.62. The van der Waals surface area contributed by atoms with E-state index < -0.39 is 11.6 Å². The van der Waals surface area contributed by atoms with Gasteiger partial charge in [0.1, 0.15) is 17.3 Å². The molecule has 1 unspecified atom stereocenters. The van der Waals surface area contributed by atoms with Gasteiger partial charge >= 0.3 is 0 Å². The highest BCUT2D eigenvalue weighted by Gasteiger charge is 2.25. The number of allylic oxidation sites excluding steroid dienone is 1. The summed E-state index contributed by atoms with van der Waals surface area (Å²) in [5.41, 5.74) is 2.69. The summed E-state index contributed by atoms with van der Waals surface area (Å²) in [5, 5.41) is 13.2. The highest BCUT2D eigenvalue weighted by atomic mass is 79.9. The van der Waals surface area contributed by atoms with E-state index >= 15 is 8.78 Å². The smallest absolute Gasteiger partial charge is 0.137 e. The molecule has 0 radical (unpaired) electrons. The van der Waals surface area contributed by atoms with Crippen LogP contribution in [0.15, 0.2) is 41.1 Å². The van der Waals surface area contributed by atoms with Crippen molar-refractivity contribution in [3.63, 3.8) is 0 Å². The lowest BCUT2D eigenvalue weighted by Crippen LogP contribution is -2.39. The molecule has 9 heteroatoms. The maximum atomic E-state index is 15.1. The topological polar surface area (TPSA) is 74.4 Å². The minimum absolute atomic E-state index is 0.107. The van der Waals surface area contributed by atoms with E-state index in [4.69, 9.17) is 10.1 Å². The molecule has 0 bridgehead atoms. The van der Waals surface area contributed by atoms with Crippen molar-refractivity contribution in [1.29, 1.82) is 5.41 Å². The largest absolute Gasteiger partial charge is 0.375 e. The van der Waals surface area contributed by atoms with Crippen LogP contribution in [0.25, 0.3) is 16.9 Å². The number of hydrogen-bond acceptors (Lipinski definition) is 5. The lowest BCUT2D eigenvalue weighted by Gasteiger charge is -2.24. The lowest BCUT2D eigenvalue weighted by molar-refractivity contribution is 0.0286. The van der Waals surface area contributed by atoms with Crippen molar-refractivity contribution in [3.05, 3.63) is 64.0 Å². The van der Waals surface area contributed by atoms with Crippen LogP contribution in [0.5, 0.6) is 0 Å². The summed E-state index contributed by atoms with van der Waals surface area (Å²) in [6.07, 6.45) is 4.75. The maximum absolute atomic E-state index is 15.1. The Labute approximate surface area is 187 Å². The first-order chi connectivity index (χ1) is 15.0. The quantitative estimate of drug-likeness (QED) is 0.448. The monoisotopic (exact) mass is 489 g/mol. The first-order valence-corrected chi connectivity index (χ1v) is 10.7. The van der Waals surface area contributed by atoms with Gasteiger partial charge in [-0.1, -0.05) is 0 Å². The number of anilines is 1. The second-order valence-electron chi connectivity index (χ2n) is 7.37. The van der Waals surface area contributed by atoms with Crippen molar-refractivity contribution in [2.45, 2.75) is 19.4 Å². The van der Waals surface area contributed by atoms with E-state index in [1.165, 1.54) is 18.3 Å². The van der Waals surface area contributed by atoms with Crippen LogP contribution in [0, 0.1) is 24.0 Å². The normalized spacial score (nSPS) is 17.2. The Balaban J connectivity index is 1.79. The zero-order chi connectivity index (χ0) is 22.0. The average molecular weight is 490 g/mol. The standard InChI is InChI=1S/C22H22BrF2N5O/c1-13-2-4-30-19(9-16-12-27-3-5-31-16)22(29-20(30)6-13)21-17(24)7-15(8-18(21)25)28-11-14(23)10-26/h2,4,6-8,10-11,16,26-28H,3,5,9,12H2,1H3/b14-11+,26-10?. The summed E-state index contributed by atoms with van der Waals surface area (Å²) in [4.78, 5) is 4.59. The van der Waals surface area contributed by atoms with E-state index in [9.17, 15) is 0 Å². The fourth-order valence-electron chi connectivity index (χ4n) is 3.64. The van der Waals surface area contributed by atoms with Crippen LogP contribution in [0.4, 0.5) is 14.5 Å². The molecule has 0 amide bonds. The Morgan fingerprint density at radius 1 is 1.39 bits per heavy atom. The van der Waals surface area contributed by atoms with Crippen molar-refractivity contribution >= 4 is 33.5 Å². The van der Waals surface area contributed by atoms with E-state index in [2.05, 4.69) is 31.5 Å². The van der Waals surface area contributed by atoms with Gasteiger partial charge in [0, 0.05) is 43.8 Å². The van der Waals surface area contributed by atoms with Crippen molar-refractivity contribution in [1.82, 2.24) is 14.7 Å². The summed E-state index contributed by atoms with van der Waals surface area (Å²) in [5.74, 6) is -1.43. The molecule has 0 spiro atoms. The number of pyridine rings is 1. The highest BCUT2D eigenvalue weighted by Crippen LogP contribution is 2.33. The molecular formula is C22H22BrF2N5O. The van der Waals surface area contributed by atoms with Crippen LogP contribution in [0.2, 0.25) is 0 Å². The van der Waals surface area contributed by atoms with Gasteiger partial charge in [0.15, 0.2) is 0 Å². The number of ether oxygens (including phenoxy) is 1. The molecule has 0 saturated carbocycles. The third-order valence-corrected chi connectivity index (χ3v) is 5.56. The molecule has 31 heavy (non-hydrogen) atoms. The molecular weight excluding hydrogens is 468 g/mol. The van der Waals surface area contributed by atoms with Crippen LogP contribution < -0.4 is 10.6 Å².